The fourth-order valence-corrected chi connectivity index (χ4v) is 6.27. The number of aromatic nitrogens is 4. The van der Waals surface area contributed by atoms with E-state index < -0.39 is 0 Å². The molecule has 2 heterocycles. The topological polar surface area (TPSA) is 51.6 Å². The van der Waals surface area contributed by atoms with E-state index in [4.69, 9.17) is 19.9 Å². The van der Waals surface area contributed by atoms with Crippen molar-refractivity contribution in [2.24, 2.45) is 0 Å². The number of hydrogen-bond donors (Lipinski definition) is 0. The minimum Gasteiger partial charge on any atom is -0.254 e. The van der Waals surface area contributed by atoms with E-state index in [-0.39, 0.29) is 0 Å². The number of nitrogens with zero attached hydrogens (tertiary/aromatic N) is 4. The third-order valence-corrected chi connectivity index (χ3v) is 8.07. The number of rotatable bonds is 0. The highest BCUT2D eigenvalue weighted by Crippen LogP contribution is 2.43. The predicted octanol–water partition coefficient (Wildman–Crippen LogP) is 9.05. The lowest BCUT2D eigenvalue weighted by Gasteiger charge is -2.15. The fraction of sp³-hybridized carbons (Fsp3) is 0. The lowest BCUT2D eigenvalue weighted by molar-refractivity contribution is 1.40. The van der Waals surface area contributed by atoms with Gasteiger partial charge in [0.05, 0.1) is 33.1 Å². The smallest absolute Gasteiger partial charge is 0.0979 e. The number of fused-ring (bicyclic) bond motifs is 9. The third kappa shape index (κ3) is 2.96. The molecule has 0 radical (unpaired) electrons. The van der Waals surface area contributed by atoms with Crippen LogP contribution in [0.15, 0.2) is 122 Å². The van der Waals surface area contributed by atoms with Crippen LogP contribution in [0.3, 0.4) is 0 Å². The Morgan fingerprint density at radius 1 is 0.350 bits per heavy atom. The fourth-order valence-electron chi connectivity index (χ4n) is 6.27. The van der Waals surface area contributed by atoms with Gasteiger partial charge in [-0.2, -0.15) is 0 Å². The van der Waals surface area contributed by atoms with Gasteiger partial charge in [-0.3, -0.25) is 9.97 Å². The average molecular weight is 509 g/mol. The second-order valence-electron chi connectivity index (χ2n) is 10.3. The van der Waals surface area contributed by atoms with Crippen molar-refractivity contribution in [3.8, 4) is 0 Å². The highest BCUT2D eigenvalue weighted by atomic mass is 14.8. The Labute approximate surface area is 228 Å². The highest BCUT2D eigenvalue weighted by Gasteiger charge is 2.19. The highest BCUT2D eigenvalue weighted by molar-refractivity contribution is 6.38. The van der Waals surface area contributed by atoms with E-state index >= 15 is 0 Å². The van der Waals surface area contributed by atoms with Crippen molar-refractivity contribution in [1.29, 1.82) is 0 Å². The van der Waals surface area contributed by atoms with Crippen LogP contribution in [0, 0.1) is 0 Å². The summed E-state index contributed by atoms with van der Waals surface area (Å²) in [6.07, 6.45) is 3.79. The van der Waals surface area contributed by atoms with E-state index in [1.807, 2.05) is 24.5 Å². The monoisotopic (exact) mass is 508 g/mol. The van der Waals surface area contributed by atoms with Crippen molar-refractivity contribution in [2.45, 2.75) is 0 Å². The molecule has 0 aliphatic carbocycles. The van der Waals surface area contributed by atoms with Crippen LogP contribution in [-0.2, 0) is 0 Å². The lowest BCUT2D eigenvalue weighted by atomic mass is 9.91. The second-order valence-corrected chi connectivity index (χ2v) is 10.3. The zero-order valence-corrected chi connectivity index (χ0v) is 21.3. The van der Waals surface area contributed by atoms with Gasteiger partial charge in [0.25, 0.3) is 0 Å². The molecule has 0 bridgehead atoms. The first-order chi connectivity index (χ1) is 19.8. The molecule has 0 fully saturated rings. The van der Waals surface area contributed by atoms with Gasteiger partial charge in [-0.15, -0.1) is 0 Å². The minimum atomic E-state index is 0.866. The van der Waals surface area contributed by atoms with Gasteiger partial charge in [0.1, 0.15) is 0 Å². The maximum absolute atomic E-state index is 5.23. The van der Waals surface area contributed by atoms with Crippen LogP contribution < -0.4 is 0 Å². The summed E-state index contributed by atoms with van der Waals surface area (Å²) < 4.78 is 0. The second kappa shape index (κ2) is 8.01. The Balaban J connectivity index is 1.52. The van der Waals surface area contributed by atoms with Gasteiger partial charge in [-0.1, -0.05) is 84.9 Å². The first-order valence-corrected chi connectivity index (χ1v) is 13.4. The minimum absolute atomic E-state index is 0.866. The molecule has 0 atom stereocenters. The molecule has 0 aliphatic heterocycles. The van der Waals surface area contributed by atoms with E-state index in [9.17, 15) is 0 Å². The van der Waals surface area contributed by atoms with Gasteiger partial charge >= 0.3 is 0 Å². The molecule has 9 rings (SSSR count). The van der Waals surface area contributed by atoms with E-state index in [0.717, 1.165) is 87.0 Å². The third-order valence-electron chi connectivity index (χ3n) is 8.07. The molecule has 7 aromatic carbocycles. The molecule has 40 heavy (non-hydrogen) atoms. The van der Waals surface area contributed by atoms with Gasteiger partial charge in [-0.25, -0.2) is 9.97 Å². The van der Waals surface area contributed by atoms with Crippen molar-refractivity contribution in [1.82, 2.24) is 19.9 Å². The molecular weight excluding hydrogens is 488 g/mol. The molecule has 0 N–H and O–H groups in total. The van der Waals surface area contributed by atoms with Crippen molar-refractivity contribution >= 4 is 87.0 Å². The summed E-state index contributed by atoms with van der Waals surface area (Å²) >= 11 is 0. The Morgan fingerprint density at radius 2 is 0.750 bits per heavy atom. The maximum Gasteiger partial charge on any atom is 0.0979 e. The van der Waals surface area contributed by atoms with Crippen molar-refractivity contribution < 1.29 is 0 Å². The molecule has 2 aromatic heterocycles. The Hall–Kier alpha value is -5.48. The molecule has 0 saturated carbocycles. The molecule has 4 nitrogen and oxygen atoms in total. The molecule has 0 spiro atoms. The van der Waals surface area contributed by atoms with Crippen LogP contribution in [-0.4, -0.2) is 19.9 Å². The van der Waals surface area contributed by atoms with E-state index in [1.165, 1.54) is 0 Å². The SMILES string of the molecule is c1ccc2ccnc3c4cccc5c6nc7cc8ccccc8cc7nc6c6cccc(c3nccc2c1)c6c45. The summed E-state index contributed by atoms with van der Waals surface area (Å²) in [4.78, 5) is 20.5. The van der Waals surface area contributed by atoms with Crippen LogP contribution in [0.5, 0.6) is 0 Å². The molecule has 0 unspecified atom stereocenters. The predicted molar refractivity (Wildman–Crippen MR) is 166 cm³/mol. The Kier molecular flexibility index (Phi) is 4.30. The van der Waals surface area contributed by atoms with Gasteiger partial charge in [0.2, 0.25) is 0 Å². The largest absolute Gasteiger partial charge is 0.254 e. The average Bonchev–Trinajstić information content (AvgIpc) is 3.00. The first-order valence-electron chi connectivity index (χ1n) is 13.4. The maximum atomic E-state index is 5.23. The Morgan fingerprint density at radius 3 is 1.20 bits per heavy atom. The number of hydrogen-bond acceptors (Lipinski definition) is 4. The normalized spacial score (nSPS) is 12.0. The van der Waals surface area contributed by atoms with Gasteiger partial charge < -0.3 is 0 Å². The first kappa shape index (κ1) is 21.5. The summed E-state index contributed by atoms with van der Waals surface area (Å²) in [5.74, 6) is 0. The summed E-state index contributed by atoms with van der Waals surface area (Å²) in [5.41, 5.74) is 5.35. The molecular formula is C36H20N4. The zero-order valence-electron chi connectivity index (χ0n) is 21.3. The van der Waals surface area contributed by atoms with Crippen molar-refractivity contribution in [3.63, 3.8) is 0 Å². The van der Waals surface area contributed by atoms with Gasteiger partial charge in [-0.05, 0) is 45.8 Å². The lowest BCUT2D eigenvalue weighted by Crippen LogP contribution is -1.95. The van der Waals surface area contributed by atoms with Gasteiger partial charge in [0.15, 0.2) is 0 Å². The van der Waals surface area contributed by atoms with E-state index in [2.05, 4.69) is 97.1 Å². The summed E-state index contributed by atoms with van der Waals surface area (Å²) in [6.45, 7) is 0. The summed E-state index contributed by atoms with van der Waals surface area (Å²) in [6, 6.07) is 37.9. The molecule has 9 aromatic rings. The van der Waals surface area contributed by atoms with Crippen molar-refractivity contribution in [3.05, 3.63) is 122 Å². The van der Waals surface area contributed by atoms with Gasteiger partial charge in [0, 0.05) is 44.7 Å². The standard InChI is InChI=1S/C36H20N4/c1-2-8-22-16-18-38-34-26-12-6-14-28-32(26)31-25(33(34)37-17-15-21(22)7-1)11-5-13-27(31)35-36(28)40-30-20-24-10-4-3-9-23(24)19-29(30)39-35/h1-20H. The molecule has 0 saturated heterocycles. The quantitative estimate of drug-likeness (QED) is 0.151. The summed E-state index contributed by atoms with van der Waals surface area (Å²) in [7, 11) is 0. The van der Waals surface area contributed by atoms with Crippen molar-refractivity contribution in [2.75, 3.05) is 0 Å². The van der Waals surface area contributed by atoms with E-state index in [1.54, 1.807) is 0 Å². The zero-order chi connectivity index (χ0) is 26.2. The summed E-state index contributed by atoms with van der Waals surface area (Å²) in [5, 5.41) is 11.1. The van der Waals surface area contributed by atoms with Crippen LogP contribution in [0.1, 0.15) is 0 Å². The van der Waals surface area contributed by atoms with Crippen LogP contribution in [0.2, 0.25) is 0 Å². The molecule has 4 heteroatoms. The van der Waals surface area contributed by atoms with E-state index in [0.29, 0.717) is 0 Å². The van der Waals surface area contributed by atoms with Crippen LogP contribution in [0.25, 0.3) is 87.0 Å². The Bertz CT molecular complexity index is 2280. The molecule has 184 valence electrons. The molecule has 0 aliphatic rings. The number of benzene rings is 7. The molecule has 0 amide bonds. The van der Waals surface area contributed by atoms with Crippen LogP contribution >= 0.6 is 0 Å². The van der Waals surface area contributed by atoms with Crippen LogP contribution in [0.4, 0.5) is 0 Å².